The van der Waals surface area contributed by atoms with E-state index >= 15 is 0 Å². The van der Waals surface area contributed by atoms with Crippen molar-refractivity contribution in [3.63, 3.8) is 0 Å². The standard InChI is InChI=1S/C13H18ClN3O/c1-15-12-11(14)7-10(8-17-12)13(18)16-6-2-3-9-4-5-9/h7-9H,2-6H2,1H3,(H,15,17)(H,16,18). The summed E-state index contributed by atoms with van der Waals surface area (Å²) in [6.45, 7) is 0.723. The summed E-state index contributed by atoms with van der Waals surface area (Å²) in [7, 11) is 1.74. The van der Waals surface area contributed by atoms with Crippen molar-refractivity contribution in [1.82, 2.24) is 10.3 Å². The molecule has 1 amide bonds. The van der Waals surface area contributed by atoms with Crippen LogP contribution in [0.1, 0.15) is 36.0 Å². The minimum absolute atomic E-state index is 0.108. The van der Waals surface area contributed by atoms with E-state index in [1.165, 1.54) is 25.5 Å². The zero-order valence-corrected chi connectivity index (χ0v) is 11.3. The third-order valence-corrected chi connectivity index (χ3v) is 3.40. The Hall–Kier alpha value is -1.29. The van der Waals surface area contributed by atoms with Crippen LogP contribution < -0.4 is 10.6 Å². The maximum atomic E-state index is 11.8. The average Bonchev–Trinajstić information content (AvgIpc) is 3.18. The van der Waals surface area contributed by atoms with Gasteiger partial charge < -0.3 is 10.6 Å². The number of hydrogen-bond acceptors (Lipinski definition) is 3. The Morgan fingerprint density at radius 1 is 1.56 bits per heavy atom. The van der Waals surface area contributed by atoms with E-state index in [1.807, 2.05) is 0 Å². The van der Waals surface area contributed by atoms with Crippen molar-refractivity contribution in [2.45, 2.75) is 25.7 Å². The molecule has 2 N–H and O–H groups in total. The maximum Gasteiger partial charge on any atom is 0.252 e. The Labute approximate surface area is 112 Å². The van der Waals surface area contributed by atoms with Gasteiger partial charge in [-0.25, -0.2) is 4.98 Å². The van der Waals surface area contributed by atoms with Crippen LogP contribution in [-0.2, 0) is 0 Å². The molecule has 0 aromatic carbocycles. The highest BCUT2D eigenvalue weighted by atomic mass is 35.5. The van der Waals surface area contributed by atoms with Crippen molar-refractivity contribution in [3.05, 3.63) is 22.8 Å². The number of anilines is 1. The second-order valence-electron chi connectivity index (χ2n) is 4.65. The van der Waals surface area contributed by atoms with Gasteiger partial charge in [0.15, 0.2) is 0 Å². The Morgan fingerprint density at radius 2 is 2.33 bits per heavy atom. The molecule has 0 atom stereocenters. The maximum absolute atomic E-state index is 11.8. The lowest BCUT2D eigenvalue weighted by molar-refractivity contribution is 0.0952. The van der Waals surface area contributed by atoms with E-state index in [-0.39, 0.29) is 5.91 Å². The van der Waals surface area contributed by atoms with Crippen molar-refractivity contribution >= 4 is 23.3 Å². The van der Waals surface area contributed by atoms with Gasteiger partial charge in [-0.05, 0) is 24.8 Å². The van der Waals surface area contributed by atoms with Crippen LogP contribution >= 0.6 is 11.6 Å². The van der Waals surface area contributed by atoms with E-state index in [0.29, 0.717) is 16.4 Å². The summed E-state index contributed by atoms with van der Waals surface area (Å²) in [5.74, 6) is 1.39. The van der Waals surface area contributed by atoms with Crippen molar-refractivity contribution in [2.75, 3.05) is 18.9 Å². The second-order valence-corrected chi connectivity index (χ2v) is 5.05. The zero-order valence-electron chi connectivity index (χ0n) is 10.5. The molecule has 0 spiro atoms. The third-order valence-electron chi connectivity index (χ3n) is 3.11. The molecule has 0 aliphatic heterocycles. The number of aromatic nitrogens is 1. The van der Waals surface area contributed by atoms with Crippen LogP contribution in [0.15, 0.2) is 12.3 Å². The van der Waals surface area contributed by atoms with Crippen molar-refractivity contribution < 1.29 is 4.79 Å². The molecule has 1 aliphatic rings. The van der Waals surface area contributed by atoms with Gasteiger partial charge in [0.2, 0.25) is 0 Å². The smallest absolute Gasteiger partial charge is 0.252 e. The lowest BCUT2D eigenvalue weighted by atomic mass is 10.2. The molecule has 1 aliphatic carbocycles. The molecule has 0 saturated heterocycles. The Bertz CT molecular complexity index is 432. The van der Waals surface area contributed by atoms with E-state index in [1.54, 1.807) is 13.1 Å². The summed E-state index contributed by atoms with van der Waals surface area (Å²) in [4.78, 5) is 15.9. The second kappa shape index (κ2) is 6.05. The molecule has 1 aromatic heterocycles. The third kappa shape index (κ3) is 3.60. The summed E-state index contributed by atoms with van der Waals surface area (Å²) in [6.07, 6.45) is 6.52. The number of rotatable bonds is 6. The van der Waals surface area contributed by atoms with Gasteiger partial charge in [0.1, 0.15) is 5.82 Å². The fourth-order valence-corrected chi connectivity index (χ4v) is 2.11. The van der Waals surface area contributed by atoms with Crippen LogP contribution in [0, 0.1) is 5.92 Å². The van der Waals surface area contributed by atoms with Gasteiger partial charge >= 0.3 is 0 Å². The highest BCUT2D eigenvalue weighted by Gasteiger charge is 2.20. The molecule has 0 radical (unpaired) electrons. The number of carbonyl (C=O) groups excluding carboxylic acids is 1. The molecule has 1 aromatic rings. The number of pyridine rings is 1. The first-order valence-electron chi connectivity index (χ1n) is 6.32. The Balaban J connectivity index is 1.81. The molecule has 5 heteroatoms. The largest absolute Gasteiger partial charge is 0.372 e. The van der Waals surface area contributed by atoms with Gasteiger partial charge in [0, 0.05) is 19.8 Å². The first-order chi connectivity index (χ1) is 8.70. The van der Waals surface area contributed by atoms with E-state index < -0.39 is 0 Å². The normalized spacial score (nSPS) is 14.3. The molecular formula is C13H18ClN3O. The lowest BCUT2D eigenvalue weighted by Crippen LogP contribution is -2.24. The number of amides is 1. The number of hydrogen-bond donors (Lipinski definition) is 2. The number of nitrogens with zero attached hydrogens (tertiary/aromatic N) is 1. The SMILES string of the molecule is CNc1ncc(C(=O)NCCCC2CC2)cc1Cl. The van der Waals surface area contributed by atoms with Crippen molar-refractivity contribution in [2.24, 2.45) is 5.92 Å². The lowest BCUT2D eigenvalue weighted by Gasteiger charge is -2.07. The van der Waals surface area contributed by atoms with Gasteiger partial charge in [-0.2, -0.15) is 0 Å². The summed E-state index contributed by atoms with van der Waals surface area (Å²) < 4.78 is 0. The van der Waals surface area contributed by atoms with Crippen LogP contribution in [-0.4, -0.2) is 24.5 Å². The highest BCUT2D eigenvalue weighted by molar-refractivity contribution is 6.33. The molecule has 1 saturated carbocycles. The van der Waals surface area contributed by atoms with Gasteiger partial charge in [0.25, 0.3) is 5.91 Å². The monoisotopic (exact) mass is 267 g/mol. The molecule has 0 unspecified atom stereocenters. The van der Waals surface area contributed by atoms with Gasteiger partial charge in [-0.3, -0.25) is 4.79 Å². The summed E-state index contributed by atoms with van der Waals surface area (Å²) in [5.41, 5.74) is 0.505. The minimum atomic E-state index is -0.108. The minimum Gasteiger partial charge on any atom is -0.372 e. The van der Waals surface area contributed by atoms with Gasteiger partial charge in [0.05, 0.1) is 10.6 Å². The van der Waals surface area contributed by atoms with E-state index in [0.717, 1.165) is 18.9 Å². The molecule has 1 fully saturated rings. The molecule has 1 heterocycles. The number of carbonyl (C=O) groups is 1. The average molecular weight is 268 g/mol. The fourth-order valence-electron chi connectivity index (χ4n) is 1.85. The topological polar surface area (TPSA) is 54.0 Å². The molecular weight excluding hydrogens is 250 g/mol. The quantitative estimate of drug-likeness (QED) is 0.779. The summed E-state index contributed by atoms with van der Waals surface area (Å²) in [6, 6.07) is 1.64. The zero-order chi connectivity index (χ0) is 13.0. The van der Waals surface area contributed by atoms with Crippen LogP contribution in [0.4, 0.5) is 5.82 Å². The summed E-state index contributed by atoms with van der Waals surface area (Å²) >= 11 is 5.98. The number of nitrogens with one attached hydrogen (secondary N) is 2. The molecule has 2 rings (SSSR count). The van der Waals surface area contributed by atoms with Crippen LogP contribution in [0.25, 0.3) is 0 Å². The highest BCUT2D eigenvalue weighted by Crippen LogP contribution is 2.33. The van der Waals surface area contributed by atoms with Crippen molar-refractivity contribution in [3.8, 4) is 0 Å². The van der Waals surface area contributed by atoms with Gasteiger partial charge in [-0.15, -0.1) is 0 Å². The van der Waals surface area contributed by atoms with E-state index in [4.69, 9.17) is 11.6 Å². The molecule has 98 valence electrons. The van der Waals surface area contributed by atoms with Crippen LogP contribution in [0.3, 0.4) is 0 Å². The number of halogens is 1. The predicted molar refractivity (Wildman–Crippen MR) is 73.1 cm³/mol. The molecule has 4 nitrogen and oxygen atoms in total. The van der Waals surface area contributed by atoms with E-state index in [2.05, 4.69) is 15.6 Å². The van der Waals surface area contributed by atoms with Crippen LogP contribution in [0.2, 0.25) is 5.02 Å². The first kappa shape index (κ1) is 13.1. The Morgan fingerprint density at radius 3 is 2.94 bits per heavy atom. The summed E-state index contributed by atoms with van der Waals surface area (Å²) in [5, 5.41) is 6.21. The predicted octanol–water partition coefficient (Wildman–Crippen LogP) is 2.70. The van der Waals surface area contributed by atoms with E-state index in [9.17, 15) is 4.79 Å². The van der Waals surface area contributed by atoms with Crippen LogP contribution in [0.5, 0.6) is 0 Å². The fraction of sp³-hybridized carbons (Fsp3) is 0.538. The Kier molecular flexibility index (Phi) is 4.42. The molecule has 0 bridgehead atoms. The first-order valence-corrected chi connectivity index (χ1v) is 6.70. The van der Waals surface area contributed by atoms with Crippen molar-refractivity contribution in [1.29, 1.82) is 0 Å². The molecule has 18 heavy (non-hydrogen) atoms. The van der Waals surface area contributed by atoms with Gasteiger partial charge in [-0.1, -0.05) is 24.4 Å².